The van der Waals surface area contributed by atoms with E-state index in [1.807, 2.05) is 4.90 Å². The summed E-state index contributed by atoms with van der Waals surface area (Å²) in [5, 5.41) is 5.93. The molecule has 2 amide bonds. The van der Waals surface area contributed by atoms with Crippen LogP contribution < -0.4 is 15.9 Å². The van der Waals surface area contributed by atoms with Crippen molar-refractivity contribution in [2.45, 2.75) is 25.1 Å². The van der Waals surface area contributed by atoms with Crippen LogP contribution in [0.25, 0.3) is 0 Å². The molecule has 2 N–H and O–H groups in total. The Kier molecular flexibility index (Phi) is 10.3. The fraction of sp³-hybridized carbons (Fsp3) is 0.619. The molecule has 1 atom stereocenters. The van der Waals surface area contributed by atoms with Gasteiger partial charge in [-0.3, -0.25) is 14.5 Å². The third kappa shape index (κ3) is 8.65. The molecule has 11 heteroatoms. The SMILES string of the molecule is COCC(COC)NC(=O)CN1CCC(CNC(=O)c2cc(P)cc(C(F)(F)F)c2)CC1. The van der Waals surface area contributed by atoms with Crippen LogP contribution in [0.1, 0.15) is 28.8 Å². The van der Waals surface area contributed by atoms with Gasteiger partial charge in [0.1, 0.15) is 0 Å². The fourth-order valence-corrected chi connectivity index (χ4v) is 4.00. The molecule has 0 spiro atoms. The highest BCUT2D eigenvalue weighted by molar-refractivity contribution is 7.27. The minimum atomic E-state index is -4.51. The minimum Gasteiger partial charge on any atom is -0.382 e. The van der Waals surface area contributed by atoms with Gasteiger partial charge in [-0.05, 0) is 55.4 Å². The molecule has 180 valence electrons. The molecule has 1 aliphatic heterocycles. The number of ether oxygens (including phenoxy) is 2. The summed E-state index contributed by atoms with van der Waals surface area (Å²) in [6, 6.07) is 3.06. The third-order valence-electron chi connectivity index (χ3n) is 5.27. The van der Waals surface area contributed by atoms with Gasteiger partial charge in [-0.1, -0.05) is 0 Å². The van der Waals surface area contributed by atoms with Crippen LogP contribution in [0.4, 0.5) is 13.2 Å². The van der Waals surface area contributed by atoms with Gasteiger partial charge in [0.15, 0.2) is 0 Å². The molecule has 0 radical (unpaired) electrons. The maximum absolute atomic E-state index is 13.0. The van der Waals surface area contributed by atoms with E-state index >= 15 is 0 Å². The van der Waals surface area contributed by atoms with Crippen molar-refractivity contribution in [2.24, 2.45) is 5.92 Å². The lowest BCUT2D eigenvalue weighted by Gasteiger charge is -2.32. The van der Waals surface area contributed by atoms with Crippen LogP contribution in [0.2, 0.25) is 0 Å². The molecule has 1 heterocycles. The van der Waals surface area contributed by atoms with Crippen molar-refractivity contribution in [3.05, 3.63) is 29.3 Å². The Labute approximate surface area is 188 Å². The predicted molar refractivity (Wildman–Crippen MR) is 118 cm³/mol. The Morgan fingerprint density at radius 2 is 1.78 bits per heavy atom. The first-order valence-electron chi connectivity index (χ1n) is 10.4. The molecule has 0 saturated carbocycles. The number of halogens is 3. The topological polar surface area (TPSA) is 79.9 Å². The lowest BCUT2D eigenvalue weighted by molar-refractivity contribution is -0.137. The zero-order valence-electron chi connectivity index (χ0n) is 18.3. The summed E-state index contributed by atoms with van der Waals surface area (Å²) in [7, 11) is 5.32. The van der Waals surface area contributed by atoms with Crippen molar-refractivity contribution < 1.29 is 32.2 Å². The summed E-state index contributed by atoms with van der Waals surface area (Å²) in [5.74, 6) is -0.424. The number of piperidine rings is 1. The highest BCUT2D eigenvalue weighted by atomic mass is 31.0. The standard InChI is InChI=1S/C21H31F3N3O4P/c1-30-12-17(13-31-2)26-19(28)11-27-5-3-14(4-6-27)10-25-20(29)15-7-16(21(22,23)24)9-18(32)8-15/h7-9,14,17H,3-6,10-13,32H2,1-2H3,(H,25,29)(H,26,28). The molecule has 1 saturated heterocycles. The Balaban J connectivity index is 1.77. The Morgan fingerprint density at radius 3 is 2.34 bits per heavy atom. The van der Waals surface area contributed by atoms with Crippen LogP contribution in [0.5, 0.6) is 0 Å². The van der Waals surface area contributed by atoms with Crippen molar-refractivity contribution in [1.29, 1.82) is 0 Å². The summed E-state index contributed by atoms with van der Waals surface area (Å²) in [6.07, 6.45) is -2.94. The van der Waals surface area contributed by atoms with Crippen molar-refractivity contribution in [3.63, 3.8) is 0 Å². The van der Waals surface area contributed by atoms with E-state index in [1.165, 1.54) is 6.07 Å². The molecule has 7 nitrogen and oxygen atoms in total. The number of nitrogens with zero attached hydrogens (tertiary/aromatic N) is 1. The lowest BCUT2D eigenvalue weighted by atomic mass is 9.96. The molecule has 1 aliphatic rings. The van der Waals surface area contributed by atoms with E-state index < -0.39 is 17.6 Å². The van der Waals surface area contributed by atoms with Crippen molar-refractivity contribution in [3.8, 4) is 0 Å². The first-order chi connectivity index (χ1) is 15.1. The maximum atomic E-state index is 13.0. The number of likely N-dealkylation sites (tertiary alicyclic amines) is 1. The van der Waals surface area contributed by atoms with Crippen molar-refractivity contribution in [1.82, 2.24) is 15.5 Å². The molecule has 0 aliphatic carbocycles. The number of alkyl halides is 3. The van der Waals surface area contributed by atoms with Crippen LogP contribution in [0.3, 0.4) is 0 Å². The first kappa shape index (κ1) is 26.5. The van der Waals surface area contributed by atoms with Crippen LogP contribution in [-0.2, 0) is 20.4 Å². The Bertz CT molecular complexity index is 765. The monoisotopic (exact) mass is 477 g/mol. The number of hydrogen-bond donors (Lipinski definition) is 2. The Hall–Kier alpha value is -1.74. The highest BCUT2D eigenvalue weighted by Crippen LogP contribution is 2.29. The summed E-state index contributed by atoms with van der Waals surface area (Å²) in [5.41, 5.74) is -0.861. The van der Waals surface area contributed by atoms with Crippen molar-refractivity contribution in [2.75, 3.05) is 53.6 Å². The maximum Gasteiger partial charge on any atom is 0.416 e. The average Bonchev–Trinajstić information content (AvgIpc) is 2.72. The van der Waals surface area contributed by atoms with Gasteiger partial charge < -0.3 is 20.1 Å². The second-order valence-corrected chi connectivity index (χ2v) is 8.61. The molecule has 1 aromatic rings. The zero-order chi connectivity index (χ0) is 23.7. The van der Waals surface area contributed by atoms with Gasteiger partial charge in [0.25, 0.3) is 5.91 Å². The van der Waals surface area contributed by atoms with Gasteiger partial charge in [0.05, 0.1) is 31.4 Å². The number of nitrogens with one attached hydrogen (secondary N) is 2. The highest BCUT2D eigenvalue weighted by Gasteiger charge is 2.31. The number of rotatable bonds is 10. The predicted octanol–water partition coefficient (Wildman–Crippen LogP) is 1.43. The lowest BCUT2D eigenvalue weighted by Crippen LogP contribution is -2.48. The largest absolute Gasteiger partial charge is 0.416 e. The summed E-state index contributed by atoms with van der Waals surface area (Å²) in [6.45, 7) is 2.78. The minimum absolute atomic E-state index is 0.0133. The van der Waals surface area contributed by atoms with Crippen LogP contribution >= 0.6 is 9.24 Å². The summed E-state index contributed by atoms with van der Waals surface area (Å²) >= 11 is 0. The van der Waals surface area contributed by atoms with Gasteiger partial charge in [0, 0.05) is 26.3 Å². The van der Waals surface area contributed by atoms with Crippen molar-refractivity contribution >= 4 is 26.4 Å². The van der Waals surface area contributed by atoms with E-state index in [4.69, 9.17) is 9.47 Å². The second kappa shape index (κ2) is 12.5. The molecule has 1 aromatic carbocycles. The van der Waals surface area contributed by atoms with Crippen LogP contribution in [-0.4, -0.2) is 76.4 Å². The van der Waals surface area contributed by atoms with E-state index in [1.54, 1.807) is 14.2 Å². The molecule has 0 aromatic heterocycles. The Morgan fingerprint density at radius 1 is 1.16 bits per heavy atom. The molecular formula is C21H31F3N3O4P. The quantitative estimate of drug-likeness (QED) is 0.499. The molecule has 0 bridgehead atoms. The first-order valence-corrected chi connectivity index (χ1v) is 11.0. The van der Waals surface area contributed by atoms with Gasteiger partial charge in [0.2, 0.25) is 5.91 Å². The van der Waals surface area contributed by atoms with E-state index in [2.05, 4.69) is 19.9 Å². The number of amides is 2. The average molecular weight is 477 g/mol. The fourth-order valence-electron chi connectivity index (χ4n) is 3.64. The second-order valence-electron chi connectivity index (χ2n) is 7.95. The van der Waals surface area contributed by atoms with Gasteiger partial charge in [-0.25, -0.2) is 0 Å². The van der Waals surface area contributed by atoms with E-state index in [9.17, 15) is 22.8 Å². The van der Waals surface area contributed by atoms with E-state index in [-0.39, 0.29) is 30.0 Å². The number of carbonyl (C=O) groups excluding carboxylic acids is 2. The van der Waals surface area contributed by atoms with Gasteiger partial charge in [-0.2, -0.15) is 13.2 Å². The summed E-state index contributed by atoms with van der Waals surface area (Å²) < 4.78 is 49.1. The number of methoxy groups -OCH3 is 2. The van der Waals surface area contributed by atoms with E-state index in [0.717, 1.165) is 25.0 Å². The molecule has 1 fully saturated rings. The molecule has 1 unspecified atom stereocenters. The number of benzene rings is 1. The molecular weight excluding hydrogens is 446 g/mol. The third-order valence-corrected chi connectivity index (χ3v) is 5.60. The smallest absolute Gasteiger partial charge is 0.382 e. The number of hydrogen-bond acceptors (Lipinski definition) is 5. The normalized spacial score (nSPS) is 15.7. The van der Waals surface area contributed by atoms with Gasteiger partial charge >= 0.3 is 6.18 Å². The van der Waals surface area contributed by atoms with Crippen LogP contribution in [0.15, 0.2) is 18.2 Å². The molecule has 32 heavy (non-hydrogen) atoms. The zero-order valence-corrected chi connectivity index (χ0v) is 19.5. The van der Waals surface area contributed by atoms with Gasteiger partial charge in [-0.15, -0.1) is 9.24 Å². The summed E-state index contributed by atoms with van der Waals surface area (Å²) in [4.78, 5) is 26.7. The number of carbonyl (C=O) groups is 2. The van der Waals surface area contributed by atoms with E-state index in [0.29, 0.717) is 38.2 Å². The van der Waals surface area contributed by atoms with Crippen LogP contribution in [0, 0.1) is 5.92 Å². The molecule has 2 rings (SSSR count).